The molecule has 0 amide bonds. The molecule has 26 heavy (non-hydrogen) atoms. The van der Waals surface area contributed by atoms with Crippen LogP contribution in [0.4, 0.5) is 0 Å². The smallest absolute Gasteiger partial charge is 0.163 e. The number of hydrogen-bond acceptors (Lipinski definition) is 4. The van der Waals surface area contributed by atoms with Crippen LogP contribution < -0.4 is 0 Å². The first kappa shape index (κ1) is 21.7. The van der Waals surface area contributed by atoms with Crippen LogP contribution in [0.25, 0.3) is 0 Å². The average Bonchev–Trinajstić information content (AvgIpc) is 2.44. The largest absolute Gasteiger partial charge is 0.299 e. The molecule has 0 bridgehead atoms. The van der Waals surface area contributed by atoms with Gasteiger partial charge in [-0.3, -0.25) is 19.2 Å². The normalized spacial score (nSPS) is 18.0. The Kier molecular flexibility index (Phi) is 7.37. The summed E-state index contributed by atoms with van der Waals surface area (Å²) in [6.07, 6.45) is 10.5. The Bertz CT molecular complexity index is 712. The zero-order chi connectivity index (χ0) is 20.1. The van der Waals surface area contributed by atoms with E-state index in [0.29, 0.717) is 0 Å². The maximum atomic E-state index is 11.6. The standard InChI is InChI=1S/C22H28O4/c1-14(23)20(15(2)24)9-7-18-11-19(13-22(5,6)12-18)8-10-21(16(3)25)17(4)26/h7-11,20H,12-13H2,1-6H3. The minimum Gasteiger partial charge on any atom is -0.299 e. The fraction of sp³-hybridized carbons (Fsp3) is 0.455. The lowest BCUT2D eigenvalue weighted by atomic mass is 9.75. The first-order chi connectivity index (χ1) is 11.9. The van der Waals surface area contributed by atoms with Gasteiger partial charge in [-0.15, -0.1) is 0 Å². The molecule has 1 aliphatic rings. The van der Waals surface area contributed by atoms with E-state index in [1.807, 2.05) is 12.2 Å². The van der Waals surface area contributed by atoms with Gasteiger partial charge in [0, 0.05) is 0 Å². The molecule has 0 aromatic rings. The van der Waals surface area contributed by atoms with E-state index in [1.54, 1.807) is 18.2 Å². The molecule has 0 saturated heterocycles. The highest BCUT2D eigenvalue weighted by Gasteiger charge is 2.25. The minimum atomic E-state index is -0.713. The molecule has 0 spiro atoms. The molecule has 0 N–H and O–H groups in total. The summed E-state index contributed by atoms with van der Waals surface area (Å²) < 4.78 is 0. The third-order valence-electron chi connectivity index (χ3n) is 4.34. The minimum absolute atomic E-state index is 0.00263. The van der Waals surface area contributed by atoms with Crippen molar-refractivity contribution in [2.75, 3.05) is 0 Å². The van der Waals surface area contributed by atoms with Gasteiger partial charge in [-0.1, -0.05) is 38.2 Å². The summed E-state index contributed by atoms with van der Waals surface area (Å²) in [4.78, 5) is 46.3. The number of rotatable bonds is 7. The Morgan fingerprint density at radius 2 is 1.50 bits per heavy atom. The molecule has 0 atom stereocenters. The molecule has 0 unspecified atom stereocenters. The molecular weight excluding hydrogens is 328 g/mol. The first-order valence-electron chi connectivity index (χ1n) is 8.75. The predicted octanol–water partition coefficient (Wildman–Crippen LogP) is 4.11. The monoisotopic (exact) mass is 356 g/mol. The van der Waals surface area contributed by atoms with Gasteiger partial charge in [0.25, 0.3) is 0 Å². The van der Waals surface area contributed by atoms with Crippen LogP contribution >= 0.6 is 0 Å². The molecule has 0 radical (unpaired) electrons. The van der Waals surface area contributed by atoms with Gasteiger partial charge in [-0.2, -0.15) is 0 Å². The zero-order valence-corrected chi connectivity index (χ0v) is 16.5. The van der Waals surface area contributed by atoms with E-state index >= 15 is 0 Å². The van der Waals surface area contributed by atoms with Gasteiger partial charge in [0.15, 0.2) is 11.6 Å². The van der Waals surface area contributed by atoms with Crippen LogP contribution in [-0.4, -0.2) is 23.1 Å². The third-order valence-corrected chi connectivity index (χ3v) is 4.34. The van der Waals surface area contributed by atoms with Crippen LogP contribution in [-0.2, 0) is 19.2 Å². The number of hydrogen-bond donors (Lipinski definition) is 0. The number of allylic oxidation sites excluding steroid dienone is 8. The molecule has 0 aromatic carbocycles. The Labute approximate surface area is 155 Å². The second-order valence-corrected chi connectivity index (χ2v) is 7.73. The number of ketones is 4. The van der Waals surface area contributed by atoms with Crippen molar-refractivity contribution in [3.05, 3.63) is 47.1 Å². The second-order valence-electron chi connectivity index (χ2n) is 7.73. The fourth-order valence-corrected chi connectivity index (χ4v) is 3.17. The van der Waals surface area contributed by atoms with Gasteiger partial charge in [0.1, 0.15) is 11.6 Å². The molecule has 0 aliphatic heterocycles. The Balaban J connectivity index is 3.21. The molecule has 1 aliphatic carbocycles. The van der Waals surface area contributed by atoms with E-state index in [4.69, 9.17) is 0 Å². The van der Waals surface area contributed by atoms with E-state index in [0.717, 1.165) is 24.0 Å². The molecule has 4 nitrogen and oxygen atoms in total. The first-order valence-corrected chi connectivity index (χ1v) is 8.75. The average molecular weight is 356 g/mol. The van der Waals surface area contributed by atoms with Gasteiger partial charge in [0.05, 0.1) is 11.5 Å². The van der Waals surface area contributed by atoms with Crippen molar-refractivity contribution in [2.24, 2.45) is 11.3 Å². The maximum absolute atomic E-state index is 11.6. The van der Waals surface area contributed by atoms with Gasteiger partial charge in [-0.05, 0) is 63.2 Å². The molecule has 0 fully saturated rings. The molecule has 0 saturated carbocycles. The summed E-state index contributed by atoms with van der Waals surface area (Å²) in [6, 6.07) is 0. The van der Waals surface area contributed by atoms with Crippen molar-refractivity contribution < 1.29 is 19.2 Å². The van der Waals surface area contributed by atoms with Crippen LogP contribution in [0.3, 0.4) is 0 Å². The van der Waals surface area contributed by atoms with E-state index in [1.165, 1.54) is 27.7 Å². The zero-order valence-electron chi connectivity index (χ0n) is 16.5. The maximum Gasteiger partial charge on any atom is 0.163 e. The highest BCUT2D eigenvalue weighted by molar-refractivity contribution is 6.18. The summed E-state index contributed by atoms with van der Waals surface area (Å²) >= 11 is 0. The van der Waals surface area contributed by atoms with Crippen molar-refractivity contribution in [1.82, 2.24) is 0 Å². The van der Waals surface area contributed by atoms with Crippen molar-refractivity contribution in [3.8, 4) is 0 Å². The Morgan fingerprint density at radius 3 is 1.96 bits per heavy atom. The molecule has 0 aromatic heterocycles. The lowest BCUT2D eigenvalue weighted by molar-refractivity contribution is -0.128. The quantitative estimate of drug-likeness (QED) is 0.391. The van der Waals surface area contributed by atoms with Crippen molar-refractivity contribution in [2.45, 2.75) is 54.4 Å². The number of Topliss-reactive ketones (excluding diaryl/α,β-unsaturated/α-hetero) is 4. The van der Waals surface area contributed by atoms with Gasteiger partial charge < -0.3 is 0 Å². The summed E-state index contributed by atoms with van der Waals surface area (Å²) in [6.45, 7) is 9.85. The van der Waals surface area contributed by atoms with Gasteiger partial charge >= 0.3 is 0 Å². The second kappa shape index (κ2) is 8.84. The summed E-state index contributed by atoms with van der Waals surface area (Å²) in [5, 5.41) is 0. The molecular formula is C22H28O4. The summed E-state index contributed by atoms with van der Waals surface area (Å²) in [7, 11) is 0. The van der Waals surface area contributed by atoms with E-state index in [-0.39, 0.29) is 34.1 Å². The Hall–Kier alpha value is -2.36. The van der Waals surface area contributed by atoms with Crippen LogP contribution in [0.5, 0.6) is 0 Å². The lowest BCUT2D eigenvalue weighted by Crippen LogP contribution is -2.18. The third kappa shape index (κ3) is 6.51. The van der Waals surface area contributed by atoms with E-state index < -0.39 is 5.92 Å². The predicted molar refractivity (Wildman–Crippen MR) is 103 cm³/mol. The highest BCUT2D eigenvalue weighted by Crippen LogP contribution is 2.38. The van der Waals surface area contributed by atoms with Crippen LogP contribution in [0.1, 0.15) is 54.4 Å². The summed E-state index contributed by atoms with van der Waals surface area (Å²) in [5.74, 6) is -1.56. The summed E-state index contributed by atoms with van der Waals surface area (Å²) in [5.41, 5.74) is 2.20. The SMILES string of the molecule is CC(=O)C(=CC=C1C=C(C=CC(C(C)=O)C(C)=O)CC(C)(C)C1)C(C)=O. The van der Waals surface area contributed by atoms with Gasteiger partial charge in [0.2, 0.25) is 0 Å². The molecule has 4 heteroatoms. The molecule has 1 rings (SSSR count). The van der Waals surface area contributed by atoms with Gasteiger partial charge in [-0.25, -0.2) is 0 Å². The van der Waals surface area contributed by atoms with E-state index in [9.17, 15) is 19.2 Å². The van der Waals surface area contributed by atoms with Crippen LogP contribution in [0, 0.1) is 11.3 Å². The highest BCUT2D eigenvalue weighted by atomic mass is 16.2. The molecule has 0 heterocycles. The van der Waals surface area contributed by atoms with Crippen molar-refractivity contribution >= 4 is 23.1 Å². The van der Waals surface area contributed by atoms with Crippen molar-refractivity contribution in [1.29, 1.82) is 0 Å². The van der Waals surface area contributed by atoms with Crippen molar-refractivity contribution in [3.63, 3.8) is 0 Å². The fourth-order valence-electron chi connectivity index (χ4n) is 3.17. The Morgan fingerprint density at radius 1 is 0.962 bits per heavy atom. The molecule has 140 valence electrons. The van der Waals surface area contributed by atoms with Crippen LogP contribution in [0.15, 0.2) is 47.1 Å². The number of carbonyl (C=O) groups is 4. The lowest BCUT2D eigenvalue weighted by Gasteiger charge is -2.30. The van der Waals surface area contributed by atoms with Crippen LogP contribution in [0.2, 0.25) is 0 Å². The van der Waals surface area contributed by atoms with E-state index in [2.05, 4.69) is 13.8 Å². The topological polar surface area (TPSA) is 68.3 Å². The number of carbonyl (C=O) groups excluding carboxylic acids is 4.